The van der Waals surface area contributed by atoms with Gasteiger partial charge in [0.25, 0.3) is 0 Å². The first-order chi connectivity index (χ1) is 7.31. The van der Waals surface area contributed by atoms with Gasteiger partial charge in [-0.15, -0.1) is 0 Å². The summed E-state index contributed by atoms with van der Waals surface area (Å²) in [5.41, 5.74) is 0.179. The van der Waals surface area contributed by atoms with Crippen molar-refractivity contribution in [2.75, 3.05) is 19.8 Å². The van der Waals surface area contributed by atoms with Gasteiger partial charge in [0.15, 0.2) is 0 Å². The number of halogens is 3. The molecule has 1 unspecified atom stereocenters. The molecule has 1 aliphatic rings. The minimum absolute atomic E-state index is 0.139. The molecule has 1 N–H and O–H groups in total. The summed E-state index contributed by atoms with van der Waals surface area (Å²) in [6, 6.07) is 0.139. The highest BCUT2D eigenvalue weighted by Gasteiger charge is 2.33. The van der Waals surface area contributed by atoms with Crippen molar-refractivity contribution in [2.45, 2.75) is 45.3 Å². The Morgan fingerprint density at radius 3 is 2.44 bits per heavy atom. The molecule has 16 heavy (non-hydrogen) atoms. The molecule has 96 valence electrons. The van der Waals surface area contributed by atoms with Gasteiger partial charge in [-0.05, 0) is 19.8 Å². The molecule has 0 aromatic heterocycles. The lowest BCUT2D eigenvalue weighted by atomic mass is 9.88. The average molecular weight is 239 g/mol. The van der Waals surface area contributed by atoms with E-state index in [4.69, 9.17) is 4.74 Å². The third-order valence-electron chi connectivity index (χ3n) is 2.88. The molecule has 2 nitrogen and oxygen atoms in total. The maximum atomic E-state index is 11.9. The normalized spacial score (nSPS) is 21.6. The molecule has 0 radical (unpaired) electrons. The van der Waals surface area contributed by atoms with E-state index < -0.39 is 12.6 Å². The van der Waals surface area contributed by atoms with Crippen LogP contribution in [0.4, 0.5) is 13.2 Å². The molecular formula is C11H20F3NO. The largest absolute Gasteiger partial charge is 0.389 e. The number of ether oxygens (including phenoxy) is 1. The van der Waals surface area contributed by atoms with Gasteiger partial charge in [-0.2, -0.15) is 13.2 Å². The molecule has 0 aromatic carbocycles. The van der Waals surface area contributed by atoms with Crippen molar-refractivity contribution >= 4 is 0 Å². The molecule has 1 atom stereocenters. The lowest BCUT2D eigenvalue weighted by molar-refractivity contribution is -0.135. The van der Waals surface area contributed by atoms with Crippen LogP contribution in [0.5, 0.6) is 0 Å². The molecule has 1 rings (SSSR count). The minimum atomic E-state index is -4.02. The van der Waals surface area contributed by atoms with Gasteiger partial charge in [-0.3, -0.25) is 0 Å². The van der Waals surface area contributed by atoms with Crippen molar-refractivity contribution in [3.63, 3.8) is 0 Å². The Hall–Kier alpha value is -0.290. The van der Waals surface area contributed by atoms with Crippen LogP contribution in [0.1, 0.15) is 33.1 Å². The molecule has 1 aliphatic heterocycles. The fourth-order valence-corrected chi connectivity index (χ4v) is 1.68. The molecule has 0 saturated carbocycles. The first-order valence-electron chi connectivity index (χ1n) is 5.69. The zero-order chi connectivity index (χ0) is 12.2. The summed E-state index contributed by atoms with van der Waals surface area (Å²) < 4.78 is 40.8. The summed E-state index contributed by atoms with van der Waals surface area (Å²) in [4.78, 5) is 0. The number of hydrogen-bond donors (Lipinski definition) is 1. The van der Waals surface area contributed by atoms with E-state index in [2.05, 4.69) is 12.2 Å². The summed E-state index contributed by atoms with van der Waals surface area (Å²) >= 11 is 0. The van der Waals surface area contributed by atoms with Crippen molar-refractivity contribution in [3.05, 3.63) is 0 Å². The van der Waals surface area contributed by atoms with Gasteiger partial charge in [0.1, 0.15) is 0 Å². The molecular weight excluding hydrogens is 219 g/mol. The van der Waals surface area contributed by atoms with Gasteiger partial charge in [-0.25, -0.2) is 0 Å². The van der Waals surface area contributed by atoms with E-state index >= 15 is 0 Å². The molecule has 0 aromatic rings. The fraction of sp³-hybridized carbons (Fsp3) is 1.00. The van der Waals surface area contributed by atoms with Crippen LogP contribution >= 0.6 is 0 Å². The highest BCUT2D eigenvalue weighted by Crippen LogP contribution is 2.26. The Morgan fingerprint density at radius 2 is 2.00 bits per heavy atom. The molecule has 0 amide bonds. The van der Waals surface area contributed by atoms with Crippen LogP contribution in [-0.4, -0.2) is 32.0 Å². The summed E-state index contributed by atoms with van der Waals surface area (Å²) in [5, 5.41) is 3.26. The van der Waals surface area contributed by atoms with Crippen LogP contribution < -0.4 is 5.32 Å². The van der Waals surface area contributed by atoms with Gasteiger partial charge < -0.3 is 10.1 Å². The zero-order valence-electron chi connectivity index (χ0n) is 9.86. The Kier molecular flexibility index (Phi) is 4.62. The van der Waals surface area contributed by atoms with Gasteiger partial charge >= 0.3 is 6.18 Å². The molecule has 1 fully saturated rings. The summed E-state index contributed by atoms with van der Waals surface area (Å²) in [6.07, 6.45) is -3.94. The Labute approximate surface area is 94.5 Å². The highest BCUT2D eigenvalue weighted by atomic mass is 19.4. The van der Waals surface area contributed by atoms with Crippen LogP contribution in [0, 0.1) is 5.41 Å². The summed E-state index contributed by atoms with van der Waals surface area (Å²) in [7, 11) is 0. The highest BCUT2D eigenvalue weighted by molar-refractivity contribution is 4.83. The van der Waals surface area contributed by atoms with Crippen LogP contribution in [0.25, 0.3) is 0 Å². The second-order valence-electron chi connectivity index (χ2n) is 5.09. The second kappa shape index (κ2) is 5.36. The van der Waals surface area contributed by atoms with E-state index in [-0.39, 0.29) is 17.9 Å². The van der Waals surface area contributed by atoms with Gasteiger partial charge in [-0.1, -0.05) is 6.92 Å². The van der Waals surface area contributed by atoms with Crippen LogP contribution in [0.15, 0.2) is 0 Å². The first-order valence-corrected chi connectivity index (χ1v) is 5.69. The molecule has 0 spiro atoms. The Bertz CT molecular complexity index is 214. The fourth-order valence-electron chi connectivity index (χ4n) is 1.68. The van der Waals surface area contributed by atoms with E-state index in [0.717, 1.165) is 19.8 Å². The van der Waals surface area contributed by atoms with Crippen molar-refractivity contribution in [1.82, 2.24) is 5.32 Å². The van der Waals surface area contributed by atoms with E-state index in [9.17, 15) is 13.2 Å². The SMILES string of the molecule is CC(CCCC(F)(F)F)NCC1(C)COC1. The minimum Gasteiger partial charge on any atom is -0.380 e. The van der Waals surface area contributed by atoms with Crippen molar-refractivity contribution in [2.24, 2.45) is 5.41 Å². The van der Waals surface area contributed by atoms with E-state index in [1.54, 1.807) is 0 Å². The molecule has 1 saturated heterocycles. The predicted molar refractivity (Wildman–Crippen MR) is 56.3 cm³/mol. The van der Waals surface area contributed by atoms with E-state index in [1.165, 1.54) is 0 Å². The Balaban J connectivity index is 2.04. The standard InChI is InChI=1S/C11H20F3NO/c1-9(4-3-5-11(12,13)14)15-6-10(2)7-16-8-10/h9,15H,3-8H2,1-2H3. The Morgan fingerprint density at radius 1 is 1.38 bits per heavy atom. The summed E-state index contributed by atoms with van der Waals surface area (Å²) in [5.74, 6) is 0. The van der Waals surface area contributed by atoms with Crippen LogP contribution in [-0.2, 0) is 4.74 Å². The van der Waals surface area contributed by atoms with Gasteiger partial charge in [0.05, 0.1) is 13.2 Å². The second-order valence-corrected chi connectivity index (χ2v) is 5.09. The zero-order valence-corrected chi connectivity index (χ0v) is 9.86. The first kappa shape index (κ1) is 13.8. The number of hydrogen-bond acceptors (Lipinski definition) is 2. The number of rotatable bonds is 6. The maximum Gasteiger partial charge on any atom is 0.389 e. The third kappa shape index (κ3) is 5.16. The monoisotopic (exact) mass is 239 g/mol. The van der Waals surface area contributed by atoms with Crippen molar-refractivity contribution < 1.29 is 17.9 Å². The van der Waals surface area contributed by atoms with Crippen LogP contribution in [0.2, 0.25) is 0 Å². The average Bonchev–Trinajstić information content (AvgIpc) is 2.09. The number of nitrogens with one attached hydrogen (secondary N) is 1. The van der Waals surface area contributed by atoms with Gasteiger partial charge in [0.2, 0.25) is 0 Å². The molecule has 1 heterocycles. The number of alkyl halides is 3. The quantitative estimate of drug-likeness (QED) is 0.769. The molecule has 0 bridgehead atoms. The smallest absolute Gasteiger partial charge is 0.380 e. The maximum absolute atomic E-state index is 11.9. The van der Waals surface area contributed by atoms with Crippen molar-refractivity contribution in [3.8, 4) is 0 Å². The van der Waals surface area contributed by atoms with E-state index in [0.29, 0.717) is 6.42 Å². The molecule has 0 aliphatic carbocycles. The lowest BCUT2D eigenvalue weighted by Gasteiger charge is -2.39. The molecule has 5 heteroatoms. The lowest BCUT2D eigenvalue weighted by Crippen LogP contribution is -2.49. The summed E-state index contributed by atoms with van der Waals surface area (Å²) in [6.45, 7) is 6.36. The van der Waals surface area contributed by atoms with Gasteiger partial charge in [0, 0.05) is 24.4 Å². The topological polar surface area (TPSA) is 21.3 Å². The van der Waals surface area contributed by atoms with E-state index in [1.807, 2.05) is 6.92 Å². The van der Waals surface area contributed by atoms with Crippen LogP contribution in [0.3, 0.4) is 0 Å². The van der Waals surface area contributed by atoms with Crippen molar-refractivity contribution in [1.29, 1.82) is 0 Å². The third-order valence-corrected chi connectivity index (χ3v) is 2.88. The predicted octanol–water partition coefficient (Wildman–Crippen LogP) is 2.73.